The van der Waals surface area contributed by atoms with Crippen molar-refractivity contribution in [2.75, 3.05) is 6.61 Å². The Balaban J connectivity index is 1.38. The number of aliphatic hydroxyl groups is 2. The van der Waals surface area contributed by atoms with Gasteiger partial charge in [0.15, 0.2) is 11.6 Å². The second-order valence-electron chi connectivity index (χ2n) is 7.09. The normalized spacial score (nSPS) is 30.3. The molecule has 1 aromatic carbocycles. The Bertz CT molecular complexity index is 802. The summed E-state index contributed by atoms with van der Waals surface area (Å²) in [5, 5.41) is 22.3. The molecule has 5 atom stereocenters. The van der Waals surface area contributed by atoms with Gasteiger partial charge >= 0.3 is 0 Å². The molecule has 2 aromatic rings. The second-order valence-corrected chi connectivity index (χ2v) is 7.98. The van der Waals surface area contributed by atoms with Crippen molar-refractivity contribution in [3.8, 4) is 5.75 Å². The number of nitrogens with zero attached hydrogens (tertiary/aromatic N) is 1. The number of aromatic nitrogens is 1. The van der Waals surface area contributed by atoms with Gasteiger partial charge in [-0.2, -0.15) is 0 Å². The van der Waals surface area contributed by atoms with Gasteiger partial charge in [0.2, 0.25) is 0 Å². The second kappa shape index (κ2) is 7.79. The SMILES string of the molecule is OCc1csc([C@H]2CC[C@@H]3[C@@H](COc4ccc(F)c(F)c4)[C@H](O)C[C@@H]3O2)n1. The Morgan fingerprint density at radius 2 is 2.11 bits per heavy atom. The van der Waals surface area contributed by atoms with Gasteiger partial charge in [-0.15, -0.1) is 11.3 Å². The van der Waals surface area contributed by atoms with Gasteiger partial charge in [0.25, 0.3) is 0 Å². The number of rotatable bonds is 5. The van der Waals surface area contributed by atoms with E-state index in [0.29, 0.717) is 12.1 Å². The quantitative estimate of drug-likeness (QED) is 0.811. The largest absolute Gasteiger partial charge is 0.493 e. The van der Waals surface area contributed by atoms with Crippen LogP contribution in [0.3, 0.4) is 0 Å². The Morgan fingerprint density at radius 3 is 2.85 bits per heavy atom. The minimum absolute atomic E-state index is 0.0845. The molecule has 2 fully saturated rings. The number of thiazole rings is 1. The summed E-state index contributed by atoms with van der Waals surface area (Å²) in [5.41, 5.74) is 0.644. The van der Waals surface area contributed by atoms with Gasteiger partial charge in [0.1, 0.15) is 16.9 Å². The van der Waals surface area contributed by atoms with Gasteiger partial charge in [-0.05, 0) is 30.9 Å². The van der Waals surface area contributed by atoms with E-state index in [1.165, 1.54) is 17.4 Å². The van der Waals surface area contributed by atoms with Crippen molar-refractivity contribution in [3.63, 3.8) is 0 Å². The van der Waals surface area contributed by atoms with Crippen LogP contribution in [0.4, 0.5) is 8.78 Å². The fraction of sp³-hybridized carbons (Fsp3) is 0.526. The zero-order valence-electron chi connectivity index (χ0n) is 14.6. The van der Waals surface area contributed by atoms with E-state index in [2.05, 4.69) is 4.98 Å². The maximum atomic E-state index is 13.3. The first kappa shape index (κ1) is 18.7. The van der Waals surface area contributed by atoms with E-state index >= 15 is 0 Å². The van der Waals surface area contributed by atoms with Crippen LogP contribution in [0.2, 0.25) is 0 Å². The lowest BCUT2D eigenvalue weighted by molar-refractivity contribution is -0.0812. The lowest BCUT2D eigenvalue weighted by atomic mass is 9.87. The molecule has 1 saturated carbocycles. The molecule has 2 heterocycles. The molecule has 4 rings (SSSR count). The summed E-state index contributed by atoms with van der Waals surface area (Å²) in [6.45, 7) is 0.144. The molecule has 8 heteroatoms. The van der Waals surface area contributed by atoms with Gasteiger partial charge in [0, 0.05) is 23.8 Å². The Morgan fingerprint density at radius 1 is 1.26 bits per heavy atom. The molecule has 146 valence electrons. The lowest BCUT2D eigenvalue weighted by Crippen LogP contribution is -2.33. The van der Waals surface area contributed by atoms with Crippen molar-refractivity contribution in [1.82, 2.24) is 4.98 Å². The Kier molecular flexibility index (Phi) is 5.41. The Hall–Kier alpha value is -1.61. The first-order valence-electron chi connectivity index (χ1n) is 9.01. The number of aliphatic hydroxyl groups excluding tert-OH is 2. The molecular formula is C19H21F2NO4S. The van der Waals surface area contributed by atoms with Gasteiger partial charge in [-0.1, -0.05) is 0 Å². The molecule has 27 heavy (non-hydrogen) atoms. The van der Waals surface area contributed by atoms with Crippen molar-refractivity contribution in [2.45, 2.75) is 44.2 Å². The van der Waals surface area contributed by atoms with Crippen molar-refractivity contribution < 1.29 is 28.5 Å². The molecule has 1 aromatic heterocycles. The van der Waals surface area contributed by atoms with E-state index in [9.17, 15) is 13.9 Å². The maximum Gasteiger partial charge on any atom is 0.162 e. The summed E-state index contributed by atoms with van der Waals surface area (Å²) in [5.74, 6) is -1.58. The highest BCUT2D eigenvalue weighted by Crippen LogP contribution is 2.46. The number of ether oxygens (including phenoxy) is 2. The third-order valence-electron chi connectivity index (χ3n) is 5.44. The van der Waals surface area contributed by atoms with Crippen LogP contribution in [0, 0.1) is 23.5 Å². The van der Waals surface area contributed by atoms with Crippen LogP contribution in [0.15, 0.2) is 23.6 Å². The summed E-state index contributed by atoms with van der Waals surface area (Å²) in [7, 11) is 0. The third-order valence-corrected chi connectivity index (χ3v) is 6.42. The highest BCUT2D eigenvalue weighted by atomic mass is 32.1. The van der Waals surface area contributed by atoms with Gasteiger partial charge < -0.3 is 19.7 Å². The predicted octanol–water partition coefficient (Wildman–Crippen LogP) is 3.21. The first-order valence-corrected chi connectivity index (χ1v) is 9.89. The predicted molar refractivity (Wildman–Crippen MR) is 94.3 cm³/mol. The molecule has 1 aliphatic heterocycles. The van der Waals surface area contributed by atoms with E-state index < -0.39 is 17.7 Å². The minimum Gasteiger partial charge on any atom is -0.493 e. The zero-order valence-corrected chi connectivity index (χ0v) is 15.4. The van der Waals surface area contributed by atoms with Crippen molar-refractivity contribution >= 4 is 11.3 Å². The highest BCUT2D eigenvalue weighted by Gasteiger charge is 2.47. The Labute approximate surface area is 159 Å². The standard InChI is InChI=1S/C19H21F2NO4S/c20-14-3-1-11(5-15(14)21)25-8-13-12-2-4-17(26-18(12)6-16(13)24)19-22-10(7-23)9-27-19/h1,3,5,9,12-13,16-18,23-24H,2,4,6-8H2/t12-,13-,16-,17-,18+/m1/s1. The molecule has 0 bridgehead atoms. The number of hydrogen-bond donors (Lipinski definition) is 2. The summed E-state index contributed by atoms with van der Waals surface area (Å²) in [4.78, 5) is 4.39. The van der Waals surface area contributed by atoms with Crippen LogP contribution in [0.25, 0.3) is 0 Å². The van der Waals surface area contributed by atoms with Crippen LogP contribution < -0.4 is 4.74 Å². The molecule has 0 amide bonds. The molecule has 2 N–H and O–H groups in total. The smallest absolute Gasteiger partial charge is 0.162 e. The lowest BCUT2D eigenvalue weighted by Gasteiger charge is -2.33. The summed E-state index contributed by atoms with van der Waals surface area (Å²) in [6.07, 6.45) is 1.41. The van der Waals surface area contributed by atoms with Crippen molar-refractivity contribution in [3.05, 3.63) is 45.9 Å². The average Bonchev–Trinajstić information content (AvgIpc) is 3.26. The average molecular weight is 397 g/mol. The van der Waals surface area contributed by atoms with Gasteiger partial charge in [-0.25, -0.2) is 13.8 Å². The molecule has 1 aliphatic carbocycles. The van der Waals surface area contributed by atoms with Gasteiger partial charge in [0.05, 0.1) is 31.1 Å². The molecule has 2 aliphatic rings. The molecule has 5 nitrogen and oxygen atoms in total. The van der Waals surface area contributed by atoms with E-state index in [-0.39, 0.29) is 43.0 Å². The number of fused-ring (bicyclic) bond motifs is 1. The van der Waals surface area contributed by atoms with Crippen LogP contribution in [0.5, 0.6) is 5.75 Å². The summed E-state index contributed by atoms with van der Waals surface area (Å²) in [6, 6.07) is 3.43. The highest BCUT2D eigenvalue weighted by molar-refractivity contribution is 7.09. The van der Waals surface area contributed by atoms with E-state index in [4.69, 9.17) is 14.6 Å². The zero-order chi connectivity index (χ0) is 19.0. The first-order chi connectivity index (χ1) is 13.0. The van der Waals surface area contributed by atoms with E-state index in [1.807, 2.05) is 5.38 Å². The van der Waals surface area contributed by atoms with Crippen LogP contribution >= 0.6 is 11.3 Å². The van der Waals surface area contributed by atoms with Gasteiger partial charge in [-0.3, -0.25) is 0 Å². The fourth-order valence-electron chi connectivity index (χ4n) is 4.05. The summed E-state index contributed by atoms with van der Waals surface area (Å²) < 4.78 is 38.1. The fourth-order valence-corrected chi connectivity index (χ4v) is 4.93. The van der Waals surface area contributed by atoms with Crippen LogP contribution in [-0.2, 0) is 11.3 Å². The molecule has 0 spiro atoms. The topological polar surface area (TPSA) is 71.8 Å². The molecule has 0 unspecified atom stereocenters. The minimum atomic E-state index is -0.952. The maximum absolute atomic E-state index is 13.3. The third kappa shape index (κ3) is 3.85. The number of benzene rings is 1. The van der Waals surface area contributed by atoms with Crippen molar-refractivity contribution in [2.24, 2.45) is 11.8 Å². The molecule has 1 saturated heterocycles. The monoisotopic (exact) mass is 397 g/mol. The number of hydrogen-bond acceptors (Lipinski definition) is 6. The van der Waals surface area contributed by atoms with Crippen LogP contribution in [-0.4, -0.2) is 34.0 Å². The summed E-state index contributed by atoms with van der Waals surface area (Å²) >= 11 is 1.48. The van der Waals surface area contributed by atoms with Crippen molar-refractivity contribution in [1.29, 1.82) is 0 Å². The van der Waals surface area contributed by atoms with E-state index in [1.54, 1.807) is 0 Å². The molecule has 0 radical (unpaired) electrons. The molecular weight excluding hydrogens is 376 g/mol. The van der Waals surface area contributed by atoms with E-state index in [0.717, 1.165) is 30.0 Å². The van der Waals surface area contributed by atoms with Crippen LogP contribution in [0.1, 0.15) is 36.1 Å². The number of halogens is 2.